The van der Waals surface area contributed by atoms with Crippen LogP contribution in [-0.2, 0) is 6.42 Å². The number of thiazole rings is 1. The second-order valence-electron chi connectivity index (χ2n) is 5.18. The molecule has 0 fully saturated rings. The fraction of sp³-hybridized carbons (Fsp3) is 0.118. The average molecular weight is 279 g/mol. The molecule has 0 saturated carbocycles. The van der Waals surface area contributed by atoms with Crippen molar-refractivity contribution in [3.05, 3.63) is 58.5 Å². The molecule has 1 aliphatic carbocycles. The Bertz CT molecular complexity index is 802. The van der Waals surface area contributed by atoms with Crippen LogP contribution < -0.4 is 0 Å². The number of hydrogen-bond acceptors (Lipinski definition) is 3. The summed E-state index contributed by atoms with van der Waals surface area (Å²) in [6.45, 7) is 2.12. The van der Waals surface area contributed by atoms with Crippen LogP contribution in [0.3, 0.4) is 0 Å². The lowest BCUT2D eigenvalue weighted by atomic mass is 10.1. The van der Waals surface area contributed by atoms with Gasteiger partial charge in [-0.25, -0.2) is 4.98 Å². The molecular formula is C17H13NOS. The van der Waals surface area contributed by atoms with E-state index in [9.17, 15) is 5.11 Å². The van der Waals surface area contributed by atoms with Gasteiger partial charge in [-0.1, -0.05) is 17.7 Å². The second-order valence-corrected chi connectivity index (χ2v) is 6.26. The number of hydrogen-bond donors (Lipinski definition) is 1. The summed E-state index contributed by atoms with van der Waals surface area (Å²) in [6.07, 6.45) is 0.987. The van der Waals surface area contributed by atoms with Gasteiger partial charge in [-0.05, 0) is 42.8 Å². The summed E-state index contributed by atoms with van der Waals surface area (Å²) >= 11 is 1.75. The van der Waals surface area contributed by atoms with E-state index in [0.717, 1.165) is 22.7 Å². The minimum atomic E-state index is 0.291. The highest BCUT2D eigenvalue weighted by molar-refractivity contribution is 7.15. The Morgan fingerprint density at radius 2 is 1.90 bits per heavy atom. The van der Waals surface area contributed by atoms with Crippen LogP contribution >= 0.6 is 11.3 Å². The van der Waals surface area contributed by atoms with Gasteiger partial charge in [0.15, 0.2) is 0 Å². The van der Waals surface area contributed by atoms with Gasteiger partial charge < -0.3 is 5.11 Å². The third-order valence-corrected chi connectivity index (χ3v) is 4.79. The van der Waals surface area contributed by atoms with E-state index in [2.05, 4.69) is 25.1 Å². The predicted octanol–water partition coefficient (Wildman–Crippen LogP) is 4.40. The molecule has 0 bridgehead atoms. The normalized spacial score (nSPS) is 12.2. The number of aryl methyl sites for hydroxylation is 1. The van der Waals surface area contributed by atoms with Crippen LogP contribution in [0.4, 0.5) is 0 Å². The van der Waals surface area contributed by atoms with Crippen LogP contribution in [0, 0.1) is 6.92 Å². The van der Waals surface area contributed by atoms with Crippen molar-refractivity contribution in [2.45, 2.75) is 13.3 Å². The minimum Gasteiger partial charge on any atom is -0.508 e. The first-order valence-corrected chi connectivity index (χ1v) is 7.41. The molecule has 0 radical (unpaired) electrons. The molecule has 98 valence electrons. The second kappa shape index (κ2) is 4.18. The number of fused-ring (bicyclic) bond motifs is 3. The van der Waals surface area contributed by atoms with Gasteiger partial charge in [0.05, 0.1) is 5.69 Å². The van der Waals surface area contributed by atoms with Gasteiger partial charge in [0.25, 0.3) is 0 Å². The van der Waals surface area contributed by atoms with Crippen LogP contribution in [0.1, 0.15) is 16.0 Å². The fourth-order valence-electron chi connectivity index (χ4n) is 2.65. The van der Waals surface area contributed by atoms with Gasteiger partial charge in [-0.2, -0.15) is 0 Å². The lowest BCUT2D eigenvalue weighted by molar-refractivity contribution is 0.475. The van der Waals surface area contributed by atoms with Crippen molar-refractivity contribution in [2.75, 3.05) is 0 Å². The number of phenols is 1. The maximum Gasteiger partial charge on any atom is 0.124 e. The van der Waals surface area contributed by atoms with Crippen molar-refractivity contribution in [2.24, 2.45) is 0 Å². The largest absolute Gasteiger partial charge is 0.508 e. The summed E-state index contributed by atoms with van der Waals surface area (Å²) in [6, 6.07) is 13.8. The first kappa shape index (κ1) is 11.7. The van der Waals surface area contributed by atoms with E-state index in [1.54, 1.807) is 23.5 Å². The first-order valence-electron chi connectivity index (χ1n) is 6.60. The van der Waals surface area contributed by atoms with E-state index < -0.39 is 0 Å². The molecule has 0 unspecified atom stereocenters. The first-order chi connectivity index (χ1) is 9.70. The summed E-state index contributed by atoms with van der Waals surface area (Å²) in [4.78, 5) is 6.15. The van der Waals surface area contributed by atoms with Crippen molar-refractivity contribution >= 4 is 11.3 Å². The molecule has 3 aromatic rings. The highest BCUT2D eigenvalue weighted by Crippen LogP contribution is 2.42. The van der Waals surface area contributed by atoms with Crippen molar-refractivity contribution < 1.29 is 5.11 Å². The zero-order valence-electron chi connectivity index (χ0n) is 11.1. The Balaban J connectivity index is 1.82. The molecule has 0 amide bonds. The molecule has 2 aromatic carbocycles. The molecule has 1 aromatic heterocycles. The topological polar surface area (TPSA) is 33.1 Å². The number of rotatable bonds is 1. The van der Waals surface area contributed by atoms with Crippen LogP contribution in [0.15, 0.2) is 42.5 Å². The highest BCUT2D eigenvalue weighted by atomic mass is 32.1. The van der Waals surface area contributed by atoms with Crippen LogP contribution in [-0.4, -0.2) is 10.1 Å². The fourth-order valence-corrected chi connectivity index (χ4v) is 3.75. The number of aromatic hydroxyl groups is 1. The highest BCUT2D eigenvalue weighted by Gasteiger charge is 2.23. The molecule has 3 heteroatoms. The number of phenolic OH excluding ortho intramolecular Hbond substituents is 1. The number of benzene rings is 2. The van der Waals surface area contributed by atoms with E-state index in [1.165, 1.54) is 21.6 Å². The smallest absolute Gasteiger partial charge is 0.124 e. The number of nitrogens with zero attached hydrogens (tertiary/aromatic N) is 1. The molecule has 0 saturated heterocycles. The van der Waals surface area contributed by atoms with E-state index in [4.69, 9.17) is 4.98 Å². The zero-order valence-corrected chi connectivity index (χ0v) is 11.9. The quantitative estimate of drug-likeness (QED) is 0.560. The van der Waals surface area contributed by atoms with Gasteiger partial charge in [0.2, 0.25) is 0 Å². The third kappa shape index (κ3) is 1.74. The summed E-state index contributed by atoms with van der Waals surface area (Å²) < 4.78 is 0. The number of aromatic nitrogens is 1. The Hall–Kier alpha value is -2.13. The van der Waals surface area contributed by atoms with Crippen molar-refractivity contribution in [1.82, 2.24) is 4.98 Å². The molecule has 1 heterocycles. The molecule has 0 aliphatic heterocycles. The van der Waals surface area contributed by atoms with Gasteiger partial charge in [0, 0.05) is 22.4 Å². The van der Waals surface area contributed by atoms with Crippen molar-refractivity contribution in [1.29, 1.82) is 0 Å². The predicted molar refractivity (Wildman–Crippen MR) is 82.2 cm³/mol. The van der Waals surface area contributed by atoms with Crippen molar-refractivity contribution in [3.8, 4) is 27.6 Å². The van der Waals surface area contributed by atoms with Gasteiger partial charge in [-0.15, -0.1) is 11.3 Å². The van der Waals surface area contributed by atoms with Gasteiger partial charge in [0.1, 0.15) is 10.8 Å². The molecule has 0 spiro atoms. The molecule has 1 N–H and O–H groups in total. The zero-order chi connectivity index (χ0) is 13.7. The minimum absolute atomic E-state index is 0.291. The van der Waals surface area contributed by atoms with Crippen LogP contribution in [0.2, 0.25) is 0 Å². The SMILES string of the molecule is Cc1ccc2c(c1)-c1nc(-c3ccc(O)cc3)sc1C2. The standard InChI is InChI=1S/C17H13NOS/c1-10-2-3-12-9-15-16(14(12)8-10)18-17(20-15)11-4-6-13(19)7-5-11/h2-8,19H,9H2,1H3. The summed E-state index contributed by atoms with van der Waals surface area (Å²) in [7, 11) is 0. The summed E-state index contributed by atoms with van der Waals surface area (Å²) in [5.41, 5.74) is 6.13. The van der Waals surface area contributed by atoms with E-state index in [0.29, 0.717) is 5.75 Å². The van der Waals surface area contributed by atoms with Gasteiger partial charge in [-0.3, -0.25) is 0 Å². The molecule has 4 rings (SSSR count). The maximum absolute atomic E-state index is 9.36. The average Bonchev–Trinajstić information content (AvgIpc) is 2.98. The molecule has 0 atom stereocenters. The van der Waals surface area contributed by atoms with Crippen molar-refractivity contribution in [3.63, 3.8) is 0 Å². The maximum atomic E-state index is 9.36. The van der Waals surface area contributed by atoms with E-state index in [1.807, 2.05) is 12.1 Å². The van der Waals surface area contributed by atoms with Crippen LogP contribution in [0.5, 0.6) is 5.75 Å². The van der Waals surface area contributed by atoms with Gasteiger partial charge >= 0.3 is 0 Å². The summed E-state index contributed by atoms with van der Waals surface area (Å²) in [5.74, 6) is 0.291. The Morgan fingerprint density at radius 1 is 1.10 bits per heavy atom. The Kier molecular flexibility index (Phi) is 2.44. The van der Waals surface area contributed by atoms with Crippen LogP contribution in [0.25, 0.3) is 21.8 Å². The lowest BCUT2D eigenvalue weighted by Gasteiger charge is -2.01. The Labute approximate surface area is 121 Å². The molecular weight excluding hydrogens is 266 g/mol. The Morgan fingerprint density at radius 3 is 2.70 bits per heavy atom. The monoisotopic (exact) mass is 279 g/mol. The van der Waals surface area contributed by atoms with E-state index in [-0.39, 0.29) is 0 Å². The molecule has 2 nitrogen and oxygen atoms in total. The lowest BCUT2D eigenvalue weighted by Crippen LogP contribution is -1.83. The molecule has 20 heavy (non-hydrogen) atoms. The third-order valence-electron chi connectivity index (χ3n) is 3.68. The summed E-state index contributed by atoms with van der Waals surface area (Å²) in [5, 5.41) is 10.4. The van der Waals surface area contributed by atoms with E-state index >= 15 is 0 Å². The molecule has 1 aliphatic rings.